The Morgan fingerprint density at radius 3 is 2.18 bits per heavy atom. The summed E-state index contributed by atoms with van der Waals surface area (Å²) >= 11 is 0. The second-order valence-electron chi connectivity index (χ2n) is 6.99. The predicted octanol–water partition coefficient (Wildman–Crippen LogP) is 2.56. The number of hydrogen-bond acceptors (Lipinski definition) is 3. The zero-order valence-corrected chi connectivity index (χ0v) is 17.7. The highest BCUT2D eigenvalue weighted by atomic mass is 127. The standard InChI is InChI=1S/C15H31N3O2S.HI/c1-6-15(8-7-9-15)12-18-13(16-5)17-10-11-21(19,20)14(2,3)4;/h6-12H2,1-5H3,(H2,16,17,18);1H. The lowest BCUT2D eigenvalue weighted by Crippen LogP contribution is -2.47. The number of rotatable bonds is 6. The molecule has 2 N–H and O–H groups in total. The van der Waals surface area contributed by atoms with E-state index in [0.717, 1.165) is 6.54 Å². The zero-order chi connectivity index (χ0) is 16.1. The smallest absolute Gasteiger partial charge is 0.191 e. The fraction of sp³-hybridized carbons (Fsp3) is 0.933. The maximum Gasteiger partial charge on any atom is 0.191 e. The van der Waals surface area contributed by atoms with E-state index in [-0.39, 0.29) is 29.7 Å². The lowest BCUT2D eigenvalue weighted by Gasteiger charge is -2.41. The predicted molar refractivity (Wildman–Crippen MR) is 105 cm³/mol. The number of halogens is 1. The summed E-state index contributed by atoms with van der Waals surface area (Å²) in [6, 6.07) is 0. The topological polar surface area (TPSA) is 70.6 Å². The van der Waals surface area contributed by atoms with E-state index in [1.165, 1.54) is 25.7 Å². The van der Waals surface area contributed by atoms with Crippen LogP contribution in [0.5, 0.6) is 0 Å². The molecule has 1 fully saturated rings. The molecule has 0 saturated heterocycles. The number of nitrogens with zero attached hydrogens (tertiary/aromatic N) is 1. The molecule has 132 valence electrons. The molecule has 0 amide bonds. The highest BCUT2D eigenvalue weighted by Gasteiger charge is 2.35. The molecular formula is C15H32IN3O2S. The van der Waals surface area contributed by atoms with Crippen molar-refractivity contribution in [2.75, 3.05) is 25.9 Å². The quantitative estimate of drug-likeness (QED) is 0.375. The van der Waals surface area contributed by atoms with Gasteiger partial charge in [0.05, 0.1) is 10.5 Å². The summed E-state index contributed by atoms with van der Waals surface area (Å²) in [4.78, 5) is 4.17. The van der Waals surface area contributed by atoms with Crippen molar-refractivity contribution in [1.82, 2.24) is 10.6 Å². The van der Waals surface area contributed by atoms with Gasteiger partial charge in [-0.3, -0.25) is 4.99 Å². The molecule has 1 aliphatic rings. The third-order valence-electron chi connectivity index (χ3n) is 4.61. The summed E-state index contributed by atoms with van der Waals surface area (Å²) in [6.45, 7) is 8.73. The van der Waals surface area contributed by atoms with Crippen LogP contribution < -0.4 is 10.6 Å². The van der Waals surface area contributed by atoms with Crippen LogP contribution in [0, 0.1) is 5.41 Å². The summed E-state index contributed by atoms with van der Waals surface area (Å²) in [5, 5.41) is 6.43. The minimum Gasteiger partial charge on any atom is -0.356 e. The maximum absolute atomic E-state index is 12.0. The van der Waals surface area contributed by atoms with Crippen LogP contribution in [0.15, 0.2) is 4.99 Å². The second-order valence-corrected chi connectivity index (χ2v) is 9.85. The van der Waals surface area contributed by atoms with Crippen LogP contribution in [0.1, 0.15) is 53.4 Å². The van der Waals surface area contributed by atoms with Crippen molar-refractivity contribution in [3.63, 3.8) is 0 Å². The number of guanidine groups is 1. The van der Waals surface area contributed by atoms with E-state index in [1.54, 1.807) is 27.8 Å². The van der Waals surface area contributed by atoms with Gasteiger partial charge in [0.2, 0.25) is 0 Å². The molecule has 7 heteroatoms. The number of aliphatic imine (C=N–C) groups is 1. The summed E-state index contributed by atoms with van der Waals surface area (Å²) in [5.74, 6) is 0.815. The lowest BCUT2D eigenvalue weighted by atomic mass is 9.67. The molecule has 0 radical (unpaired) electrons. The van der Waals surface area contributed by atoms with Gasteiger partial charge in [-0.2, -0.15) is 0 Å². The lowest BCUT2D eigenvalue weighted by molar-refractivity contribution is 0.131. The first-order valence-electron chi connectivity index (χ1n) is 7.83. The van der Waals surface area contributed by atoms with E-state index in [4.69, 9.17) is 0 Å². The Kier molecular flexibility index (Phi) is 8.68. The van der Waals surface area contributed by atoms with Crippen molar-refractivity contribution in [1.29, 1.82) is 0 Å². The average molecular weight is 445 g/mol. The highest BCUT2D eigenvalue weighted by Crippen LogP contribution is 2.42. The van der Waals surface area contributed by atoms with Crippen LogP contribution in [-0.2, 0) is 9.84 Å². The normalized spacial score (nSPS) is 18.1. The third kappa shape index (κ3) is 5.86. The Morgan fingerprint density at radius 2 is 1.82 bits per heavy atom. The molecule has 1 rings (SSSR count). The van der Waals surface area contributed by atoms with Crippen LogP contribution in [0.2, 0.25) is 0 Å². The van der Waals surface area contributed by atoms with Crippen molar-refractivity contribution in [2.45, 2.75) is 58.1 Å². The molecule has 22 heavy (non-hydrogen) atoms. The average Bonchev–Trinajstić information content (AvgIpc) is 2.34. The molecule has 0 unspecified atom stereocenters. The molecule has 0 atom stereocenters. The van der Waals surface area contributed by atoms with Gasteiger partial charge in [0.15, 0.2) is 15.8 Å². The van der Waals surface area contributed by atoms with Crippen molar-refractivity contribution < 1.29 is 8.42 Å². The first-order chi connectivity index (χ1) is 9.66. The van der Waals surface area contributed by atoms with Gasteiger partial charge in [0, 0.05) is 20.1 Å². The molecule has 0 spiro atoms. The van der Waals surface area contributed by atoms with E-state index in [0.29, 0.717) is 17.9 Å². The molecular weight excluding hydrogens is 413 g/mol. The summed E-state index contributed by atoms with van der Waals surface area (Å²) in [5.41, 5.74) is 0.412. The summed E-state index contributed by atoms with van der Waals surface area (Å²) < 4.78 is 23.4. The monoisotopic (exact) mass is 445 g/mol. The van der Waals surface area contributed by atoms with Crippen LogP contribution >= 0.6 is 24.0 Å². The molecule has 0 bridgehead atoms. The van der Waals surface area contributed by atoms with Gasteiger partial charge in [0.1, 0.15) is 0 Å². The first-order valence-corrected chi connectivity index (χ1v) is 9.48. The second kappa shape index (κ2) is 8.70. The summed E-state index contributed by atoms with van der Waals surface area (Å²) in [6.07, 6.45) is 5.03. The van der Waals surface area contributed by atoms with Crippen molar-refractivity contribution in [3.8, 4) is 0 Å². The van der Waals surface area contributed by atoms with Gasteiger partial charge in [0.25, 0.3) is 0 Å². The molecule has 1 aliphatic carbocycles. The van der Waals surface area contributed by atoms with E-state index in [9.17, 15) is 8.42 Å². The van der Waals surface area contributed by atoms with Crippen molar-refractivity contribution in [3.05, 3.63) is 0 Å². The fourth-order valence-corrected chi connectivity index (χ4v) is 3.42. The fourth-order valence-electron chi connectivity index (χ4n) is 2.43. The number of hydrogen-bond donors (Lipinski definition) is 2. The maximum atomic E-state index is 12.0. The van der Waals surface area contributed by atoms with Gasteiger partial charge in [-0.1, -0.05) is 13.3 Å². The zero-order valence-electron chi connectivity index (χ0n) is 14.5. The van der Waals surface area contributed by atoms with Crippen LogP contribution in [-0.4, -0.2) is 45.0 Å². The van der Waals surface area contributed by atoms with E-state index in [1.807, 2.05) is 0 Å². The van der Waals surface area contributed by atoms with E-state index < -0.39 is 14.6 Å². The first kappa shape index (κ1) is 21.9. The van der Waals surface area contributed by atoms with Crippen LogP contribution in [0.25, 0.3) is 0 Å². The van der Waals surface area contributed by atoms with Gasteiger partial charge >= 0.3 is 0 Å². The van der Waals surface area contributed by atoms with E-state index in [2.05, 4.69) is 22.5 Å². The van der Waals surface area contributed by atoms with Gasteiger partial charge < -0.3 is 10.6 Å². The Morgan fingerprint density at radius 1 is 1.23 bits per heavy atom. The molecule has 0 aromatic carbocycles. The SMILES string of the molecule is CCC1(CNC(=NC)NCCS(=O)(=O)C(C)(C)C)CCC1.I. The van der Waals surface area contributed by atoms with Crippen LogP contribution in [0.3, 0.4) is 0 Å². The molecule has 0 aromatic heterocycles. The molecule has 5 nitrogen and oxygen atoms in total. The molecule has 0 aliphatic heterocycles. The van der Waals surface area contributed by atoms with Gasteiger partial charge in [-0.05, 0) is 45.4 Å². The van der Waals surface area contributed by atoms with Gasteiger partial charge in [-0.25, -0.2) is 8.42 Å². The Labute approximate surface area is 153 Å². The molecule has 1 saturated carbocycles. The van der Waals surface area contributed by atoms with E-state index >= 15 is 0 Å². The molecule has 0 aromatic rings. The number of sulfone groups is 1. The third-order valence-corrected chi connectivity index (χ3v) is 7.22. The minimum atomic E-state index is -3.09. The molecule has 0 heterocycles. The largest absolute Gasteiger partial charge is 0.356 e. The number of nitrogens with one attached hydrogen (secondary N) is 2. The van der Waals surface area contributed by atoms with Crippen LogP contribution in [0.4, 0.5) is 0 Å². The van der Waals surface area contributed by atoms with Gasteiger partial charge in [-0.15, -0.1) is 24.0 Å². The Hall–Kier alpha value is -0.0500. The summed E-state index contributed by atoms with van der Waals surface area (Å²) in [7, 11) is -1.37. The van der Waals surface area contributed by atoms with Crippen molar-refractivity contribution >= 4 is 39.8 Å². The Balaban J connectivity index is 0.00000441. The Bertz CT molecular complexity index is 460. The minimum absolute atomic E-state index is 0. The highest BCUT2D eigenvalue weighted by molar-refractivity contribution is 14.0. The van der Waals surface area contributed by atoms with Crippen molar-refractivity contribution in [2.24, 2.45) is 10.4 Å².